The first-order chi connectivity index (χ1) is 24.6. The molecule has 0 bridgehead atoms. The van der Waals surface area contributed by atoms with Crippen LogP contribution in [0.5, 0.6) is 0 Å². The Morgan fingerprint density at radius 3 is 1.31 bits per heavy atom. The molecule has 0 radical (unpaired) electrons. The van der Waals surface area contributed by atoms with E-state index in [0.29, 0.717) is 11.4 Å². The predicted octanol–water partition coefficient (Wildman–Crippen LogP) is -0.944. The number of fused-ring (bicyclic) bond motifs is 2. The summed E-state index contributed by atoms with van der Waals surface area (Å²) in [6.07, 6.45) is 1.98. The molecule has 2 aliphatic rings. The number of urea groups is 1. The van der Waals surface area contributed by atoms with Gasteiger partial charge in [-0.25, -0.2) is 21.6 Å². The quantitative estimate of drug-likeness (QED) is 0.0966. The molecule has 2 aliphatic carbocycles. The Hall–Kier alpha value is -4.27. The molecule has 19 heteroatoms. The van der Waals surface area contributed by atoms with Crippen LogP contribution in [0.15, 0.2) is 105 Å². The number of hydrogen-bond donors (Lipinski definition) is 4. The van der Waals surface area contributed by atoms with Crippen LogP contribution < -0.4 is 80.6 Å². The van der Waals surface area contributed by atoms with Crippen LogP contribution in [-0.4, -0.2) is 55.0 Å². The van der Waals surface area contributed by atoms with Crippen molar-refractivity contribution in [1.29, 1.82) is 0 Å². The summed E-state index contributed by atoms with van der Waals surface area (Å²) in [6, 6.07) is 21.0. The van der Waals surface area contributed by atoms with E-state index in [1.165, 1.54) is 36.4 Å². The number of aryl methyl sites for hydroxylation is 2. The third-order valence-electron chi connectivity index (χ3n) is 7.98. The number of amides is 2. The molecule has 6 rings (SSSR count). The number of anilines is 4. The molecule has 4 N–H and O–H groups in total. The Morgan fingerprint density at radius 1 is 0.593 bits per heavy atom. The van der Waals surface area contributed by atoms with E-state index < -0.39 is 59.1 Å². The summed E-state index contributed by atoms with van der Waals surface area (Å²) < 4.78 is 73.0. The fourth-order valence-electron chi connectivity index (χ4n) is 5.35. The van der Waals surface area contributed by atoms with Crippen molar-refractivity contribution in [2.24, 2.45) is 10.2 Å². The van der Waals surface area contributed by atoms with Gasteiger partial charge < -0.3 is 19.7 Å². The van der Waals surface area contributed by atoms with Gasteiger partial charge >= 0.3 is 65.1 Å². The molecule has 0 aromatic heterocycles. The van der Waals surface area contributed by atoms with Crippen molar-refractivity contribution in [2.75, 3.05) is 21.5 Å². The second-order valence-corrected chi connectivity index (χ2v) is 14.2. The van der Waals surface area contributed by atoms with E-state index in [1.807, 2.05) is 0 Å². The van der Waals surface area contributed by atoms with Crippen LogP contribution in [0.4, 0.5) is 27.5 Å². The van der Waals surface area contributed by atoms with Gasteiger partial charge in [0.05, 0.1) is 21.2 Å². The van der Waals surface area contributed by atoms with Crippen LogP contribution in [0.2, 0.25) is 0 Å². The normalized spacial score (nSPS) is 15.1. The maximum Gasteiger partial charge on any atom is 1.00 e. The second-order valence-electron chi connectivity index (χ2n) is 11.5. The summed E-state index contributed by atoms with van der Waals surface area (Å²) in [4.78, 5) is 37.9. The minimum absolute atomic E-state index is 0. The van der Waals surface area contributed by atoms with E-state index >= 15 is 0 Å². The number of carbonyl (C=O) groups excluding carboxylic acids is 3. The summed E-state index contributed by atoms with van der Waals surface area (Å²) in [5.41, 5.74) is 6.89. The Bertz CT molecular complexity index is 2400. The van der Waals surface area contributed by atoms with Crippen LogP contribution in [0.1, 0.15) is 43.0 Å². The first-order valence-corrected chi connectivity index (χ1v) is 18.0. The number of para-hydroxylation sites is 2. The van der Waals surface area contributed by atoms with Crippen molar-refractivity contribution in [3.05, 3.63) is 128 Å². The predicted molar refractivity (Wildman–Crippen MR) is 194 cm³/mol. The largest absolute Gasteiger partial charge is 1.00 e. The van der Waals surface area contributed by atoms with Gasteiger partial charge in [-0.15, -0.1) is 0 Å². The first-order valence-electron chi connectivity index (χ1n) is 15.2. The smallest absolute Gasteiger partial charge is 0.744 e. The molecule has 54 heavy (non-hydrogen) atoms. The van der Waals surface area contributed by atoms with Gasteiger partial charge in [-0.05, 0) is 96.8 Å². The second kappa shape index (κ2) is 17.0. The number of allylic oxidation sites excluding steroid dienone is 2. The van der Waals surface area contributed by atoms with Crippen molar-refractivity contribution in [2.45, 2.75) is 13.8 Å². The minimum atomic E-state index is -5.17. The number of nitrogens with one attached hydrogen (secondary N) is 4. The molecule has 0 aliphatic heterocycles. The van der Waals surface area contributed by atoms with Crippen molar-refractivity contribution in [3.63, 3.8) is 0 Å². The van der Waals surface area contributed by atoms with E-state index in [0.717, 1.165) is 23.3 Å². The average molecular weight is 785 g/mol. The molecule has 264 valence electrons. The number of nitrogens with zero attached hydrogens (tertiary/aromatic N) is 2. The molecule has 2 amide bonds. The molecule has 0 saturated carbocycles. The van der Waals surface area contributed by atoms with Gasteiger partial charge in [0.1, 0.15) is 31.7 Å². The summed E-state index contributed by atoms with van der Waals surface area (Å²) in [6.45, 7) is 3.54. The Balaban J connectivity index is 0.00000325. The third kappa shape index (κ3) is 9.32. The fourth-order valence-corrected chi connectivity index (χ4v) is 6.64. The molecular formula is C35H26N6Na2O9S2. The van der Waals surface area contributed by atoms with Crippen molar-refractivity contribution in [3.8, 4) is 0 Å². The number of rotatable bonds is 8. The van der Waals surface area contributed by atoms with E-state index in [-0.39, 0.29) is 92.7 Å². The van der Waals surface area contributed by atoms with Crippen molar-refractivity contribution >= 4 is 84.2 Å². The van der Waals surface area contributed by atoms with Gasteiger partial charge in [0, 0.05) is 22.5 Å². The van der Waals surface area contributed by atoms with Crippen LogP contribution in [0.25, 0.3) is 12.2 Å². The number of carbonyl (C=O) groups is 3. The molecule has 4 aromatic carbocycles. The van der Waals surface area contributed by atoms with Gasteiger partial charge in [-0.3, -0.25) is 20.4 Å². The molecule has 0 saturated heterocycles. The minimum Gasteiger partial charge on any atom is -0.744 e. The van der Waals surface area contributed by atoms with Crippen LogP contribution >= 0.6 is 0 Å². The molecule has 0 heterocycles. The number of Topliss-reactive ketones (excluding diaryl/α,β-unsaturated/α-hetero) is 2. The molecular weight excluding hydrogens is 759 g/mol. The Kier molecular flexibility index (Phi) is 13.4. The van der Waals surface area contributed by atoms with E-state index in [4.69, 9.17) is 0 Å². The molecule has 4 aromatic rings. The molecule has 0 atom stereocenters. The number of ketones is 2. The first kappa shape index (κ1) is 42.5. The number of hydrazone groups is 2. The van der Waals surface area contributed by atoms with Crippen molar-refractivity contribution < 1.29 is 99.4 Å². The van der Waals surface area contributed by atoms with Crippen molar-refractivity contribution in [1.82, 2.24) is 0 Å². The van der Waals surface area contributed by atoms with Gasteiger partial charge in [0.15, 0.2) is 0 Å². The third-order valence-corrected chi connectivity index (χ3v) is 9.68. The zero-order valence-electron chi connectivity index (χ0n) is 29.1. The van der Waals surface area contributed by atoms with E-state index in [9.17, 15) is 40.3 Å². The van der Waals surface area contributed by atoms with Gasteiger partial charge in [0.25, 0.3) is 0 Å². The van der Waals surface area contributed by atoms with E-state index in [1.54, 1.807) is 62.4 Å². The summed E-state index contributed by atoms with van der Waals surface area (Å²) in [7, 11) is -10.3. The monoisotopic (exact) mass is 784 g/mol. The summed E-state index contributed by atoms with van der Waals surface area (Å²) in [5, 5.41) is 12.9. The maximum absolute atomic E-state index is 13.3. The zero-order chi connectivity index (χ0) is 37.4. The number of hydrogen-bond acceptors (Lipinski definition) is 13. The molecule has 0 spiro atoms. The van der Waals surface area contributed by atoms with Crippen LogP contribution in [0.3, 0.4) is 0 Å². The Labute approximate surface area is 354 Å². The van der Waals surface area contributed by atoms with Crippen LogP contribution in [-0.2, 0) is 20.2 Å². The molecule has 15 nitrogen and oxygen atoms in total. The topological polar surface area (TPSA) is 238 Å². The molecule has 0 unspecified atom stereocenters. The SMILES string of the molecule is Cc1ccccc1N/N=C1/C(=O)c2ccc(NC(=O)Nc3ccc4c(c3)C=C(S(=O)(=O)[O-])/C(=N\Nc3ccccc3C)C4=O)cc2C=C1S(=O)(=O)[O-].[Na+].[Na+]. The Morgan fingerprint density at radius 2 is 0.963 bits per heavy atom. The van der Waals surface area contributed by atoms with E-state index in [2.05, 4.69) is 31.7 Å². The average Bonchev–Trinajstić information content (AvgIpc) is 3.07. The van der Waals surface area contributed by atoms with Crippen LogP contribution in [0, 0.1) is 13.8 Å². The van der Waals surface area contributed by atoms with Gasteiger partial charge in [-0.2, -0.15) is 10.2 Å². The van der Waals surface area contributed by atoms with Gasteiger partial charge in [-0.1, -0.05) is 36.4 Å². The summed E-state index contributed by atoms with van der Waals surface area (Å²) >= 11 is 0. The molecule has 0 fully saturated rings. The summed E-state index contributed by atoms with van der Waals surface area (Å²) in [5.74, 6) is -1.67. The number of benzene rings is 4. The van der Waals surface area contributed by atoms with Gasteiger partial charge in [0.2, 0.25) is 11.6 Å². The zero-order valence-corrected chi connectivity index (χ0v) is 34.8. The maximum atomic E-state index is 13.3. The fraction of sp³-hybridized carbons (Fsp3) is 0.0571. The standard InChI is InChI=1S/C35H28N6O9S2.2Na/c1-19-7-3-5-9-27(19)38-40-31-29(51(45,46)47)17-21-15-23(11-13-25(21)33(31)42)36-35(44)37-24-12-14-26-22(16-24)18-30(52(48,49)50)32(34(26)43)41-39-28-10-6-4-8-20(28)2;;/h3-18,38-39H,1-2H3,(H2,36,37,44)(H,45,46,47)(H,48,49,50);;/q;2*+1/p-2/b40-31+,41-32+;;.